The first-order valence-electron chi connectivity index (χ1n) is 7.10. The topological polar surface area (TPSA) is 73.6 Å². The number of halogens is 1. The number of nitriles is 1. The molecule has 1 fully saturated rings. The molecular weight excluding hydrogens is 287 g/mol. The fourth-order valence-corrected chi connectivity index (χ4v) is 2.55. The van der Waals surface area contributed by atoms with Crippen molar-refractivity contribution in [3.8, 4) is 6.07 Å². The van der Waals surface area contributed by atoms with Crippen molar-refractivity contribution in [3.05, 3.63) is 35.1 Å². The second-order valence-corrected chi connectivity index (χ2v) is 6.39. The minimum Gasteiger partial charge on any atom is -0.444 e. The monoisotopic (exact) mass is 306 g/mol. The lowest BCUT2D eigenvalue weighted by Gasteiger charge is -2.35. The van der Waals surface area contributed by atoms with E-state index < -0.39 is 23.2 Å². The van der Waals surface area contributed by atoms with Crippen molar-refractivity contribution in [1.82, 2.24) is 4.90 Å². The number of ether oxygens (including phenoxy) is 1. The number of carbonyl (C=O) groups excluding carboxylic acids is 1. The lowest BCUT2D eigenvalue weighted by Crippen LogP contribution is -2.47. The number of rotatable bonds is 1. The maximum atomic E-state index is 13.6. The van der Waals surface area contributed by atoms with Crippen LogP contribution in [0.2, 0.25) is 0 Å². The van der Waals surface area contributed by atoms with Crippen LogP contribution in [0.1, 0.15) is 44.7 Å². The Bertz CT molecular complexity index is 633. The molecule has 5 nitrogen and oxygen atoms in total. The summed E-state index contributed by atoms with van der Waals surface area (Å²) in [4.78, 5) is 13.5. The summed E-state index contributed by atoms with van der Waals surface area (Å²) in [5.74, 6) is -0.626. The van der Waals surface area contributed by atoms with Crippen LogP contribution in [-0.2, 0) is 10.5 Å². The summed E-state index contributed by atoms with van der Waals surface area (Å²) in [7, 11) is 0. The van der Waals surface area contributed by atoms with Crippen molar-refractivity contribution in [2.24, 2.45) is 0 Å². The number of hydrogen-bond acceptors (Lipinski definition) is 4. The van der Waals surface area contributed by atoms with Gasteiger partial charge in [0.15, 0.2) is 5.72 Å². The Morgan fingerprint density at radius 2 is 2.14 bits per heavy atom. The van der Waals surface area contributed by atoms with Gasteiger partial charge in [-0.2, -0.15) is 5.26 Å². The summed E-state index contributed by atoms with van der Waals surface area (Å²) in [6.07, 6.45) is 0.171. The molecule has 0 unspecified atom stereocenters. The van der Waals surface area contributed by atoms with Crippen molar-refractivity contribution < 1.29 is 19.0 Å². The van der Waals surface area contributed by atoms with Crippen molar-refractivity contribution in [2.45, 2.75) is 44.9 Å². The normalized spacial score (nSPS) is 21.5. The SMILES string of the molecule is CC(C)(C)OC(=O)N1CCC[C@]1(O)c1cc(F)cc(C#N)c1. The van der Waals surface area contributed by atoms with E-state index in [1.54, 1.807) is 20.8 Å². The van der Waals surface area contributed by atoms with Crippen LogP contribution < -0.4 is 0 Å². The molecule has 0 saturated carbocycles. The van der Waals surface area contributed by atoms with Crippen LogP contribution in [0.3, 0.4) is 0 Å². The lowest BCUT2D eigenvalue weighted by molar-refractivity contribution is -0.0895. The number of amides is 1. The molecule has 0 aromatic heterocycles. The molecule has 1 aromatic rings. The quantitative estimate of drug-likeness (QED) is 0.866. The third-order valence-electron chi connectivity index (χ3n) is 3.46. The minimum absolute atomic E-state index is 0.0967. The molecule has 1 amide bonds. The molecule has 1 atom stereocenters. The summed E-state index contributed by atoms with van der Waals surface area (Å²) < 4.78 is 18.9. The molecular formula is C16H19FN2O3. The third-order valence-corrected chi connectivity index (χ3v) is 3.46. The standard InChI is InChI=1S/C16H19FN2O3/c1-15(2,3)22-14(20)19-6-4-5-16(19,21)12-7-11(10-18)8-13(17)9-12/h7-9,21H,4-6H2,1-3H3/t16-/m0/s1. The maximum Gasteiger partial charge on any atom is 0.412 e. The second-order valence-electron chi connectivity index (χ2n) is 6.39. The molecule has 1 aromatic carbocycles. The number of carbonyl (C=O) groups is 1. The van der Waals surface area contributed by atoms with Crippen molar-refractivity contribution in [2.75, 3.05) is 6.54 Å². The Balaban J connectivity index is 2.37. The maximum absolute atomic E-state index is 13.6. The highest BCUT2D eigenvalue weighted by molar-refractivity contribution is 5.70. The minimum atomic E-state index is -1.66. The molecule has 1 aliphatic rings. The average molecular weight is 306 g/mol. The summed E-state index contributed by atoms with van der Waals surface area (Å²) in [6, 6.07) is 5.47. The van der Waals surface area contributed by atoms with Crippen LogP contribution in [0, 0.1) is 17.1 Å². The lowest BCUT2D eigenvalue weighted by atomic mass is 9.98. The average Bonchev–Trinajstić information content (AvgIpc) is 2.79. The van der Waals surface area contributed by atoms with Crippen molar-refractivity contribution in [1.29, 1.82) is 5.26 Å². The van der Waals surface area contributed by atoms with Gasteiger partial charge >= 0.3 is 6.09 Å². The van der Waals surface area contributed by atoms with Gasteiger partial charge in [-0.3, -0.25) is 4.90 Å². The summed E-state index contributed by atoms with van der Waals surface area (Å²) in [5.41, 5.74) is -2.07. The fourth-order valence-electron chi connectivity index (χ4n) is 2.55. The molecule has 0 radical (unpaired) electrons. The number of hydrogen-bond donors (Lipinski definition) is 1. The largest absolute Gasteiger partial charge is 0.444 e. The number of benzene rings is 1. The van der Waals surface area contributed by atoms with Gasteiger partial charge in [0.05, 0.1) is 11.6 Å². The van der Waals surface area contributed by atoms with Gasteiger partial charge in [0.1, 0.15) is 11.4 Å². The molecule has 22 heavy (non-hydrogen) atoms. The van der Waals surface area contributed by atoms with Crippen LogP contribution >= 0.6 is 0 Å². The van der Waals surface area contributed by atoms with Gasteiger partial charge in [-0.25, -0.2) is 9.18 Å². The highest BCUT2D eigenvalue weighted by atomic mass is 19.1. The summed E-state index contributed by atoms with van der Waals surface area (Å²) in [6.45, 7) is 5.51. The first-order chi connectivity index (χ1) is 10.2. The van der Waals surface area contributed by atoms with Crippen LogP contribution in [0.5, 0.6) is 0 Å². The van der Waals surface area contributed by atoms with E-state index in [0.29, 0.717) is 13.0 Å². The third kappa shape index (κ3) is 3.20. The predicted molar refractivity (Wildman–Crippen MR) is 77.2 cm³/mol. The van der Waals surface area contributed by atoms with E-state index >= 15 is 0 Å². The Morgan fingerprint density at radius 3 is 2.73 bits per heavy atom. The molecule has 6 heteroatoms. The van der Waals surface area contributed by atoms with E-state index in [4.69, 9.17) is 10.00 Å². The van der Waals surface area contributed by atoms with E-state index in [9.17, 15) is 14.3 Å². The van der Waals surface area contributed by atoms with Crippen LogP contribution in [0.15, 0.2) is 18.2 Å². The van der Waals surface area contributed by atoms with Gasteiger partial charge in [-0.1, -0.05) is 0 Å². The number of nitrogens with zero attached hydrogens (tertiary/aromatic N) is 2. The van der Waals surface area contributed by atoms with Crippen molar-refractivity contribution in [3.63, 3.8) is 0 Å². The molecule has 1 N–H and O–H groups in total. The zero-order valence-corrected chi connectivity index (χ0v) is 12.9. The Morgan fingerprint density at radius 1 is 1.45 bits per heavy atom. The molecule has 1 heterocycles. The highest BCUT2D eigenvalue weighted by Gasteiger charge is 2.45. The van der Waals surface area contributed by atoms with E-state index in [-0.39, 0.29) is 17.5 Å². The molecule has 118 valence electrons. The van der Waals surface area contributed by atoms with Gasteiger partial charge in [0, 0.05) is 18.5 Å². The van der Waals surface area contributed by atoms with E-state index in [1.165, 1.54) is 11.0 Å². The van der Waals surface area contributed by atoms with Crippen LogP contribution in [0.4, 0.5) is 9.18 Å². The fraction of sp³-hybridized carbons (Fsp3) is 0.500. The Labute approximate surface area is 128 Å². The number of aliphatic hydroxyl groups is 1. The van der Waals surface area contributed by atoms with Crippen LogP contribution in [-0.4, -0.2) is 28.2 Å². The van der Waals surface area contributed by atoms with Crippen molar-refractivity contribution >= 4 is 6.09 Å². The first kappa shape index (κ1) is 16.2. The van der Waals surface area contributed by atoms with Crippen LogP contribution in [0.25, 0.3) is 0 Å². The number of likely N-dealkylation sites (tertiary alicyclic amines) is 1. The molecule has 1 aliphatic heterocycles. The second kappa shape index (κ2) is 5.58. The van der Waals surface area contributed by atoms with E-state index in [1.807, 2.05) is 6.07 Å². The summed E-state index contributed by atoms with van der Waals surface area (Å²) >= 11 is 0. The zero-order chi connectivity index (χ0) is 16.5. The van der Waals surface area contributed by atoms with Gasteiger partial charge in [0.2, 0.25) is 0 Å². The van der Waals surface area contributed by atoms with Gasteiger partial charge in [-0.15, -0.1) is 0 Å². The van der Waals surface area contributed by atoms with Gasteiger partial charge in [-0.05, 0) is 45.4 Å². The Kier molecular flexibility index (Phi) is 4.12. The summed E-state index contributed by atoms with van der Waals surface area (Å²) in [5, 5.41) is 19.8. The van der Waals surface area contributed by atoms with E-state index in [2.05, 4.69) is 0 Å². The molecule has 0 aliphatic carbocycles. The highest BCUT2D eigenvalue weighted by Crippen LogP contribution is 2.38. The molecule has 0 bridgehead atoms. The molecule has 2 rings (SSSR count). The van der Waals surface area contributed by atoms with Gasteiger partial charge in [0.25, 0.3) is 0 Å². The zero-order valence-electron chi connectivity index (χ0n) is 12.9. The smallest absolute Gasteiger partial charge is 0.412 e. The predicted octanol–water partition coefficient (Wildman–Crippen LogP) is 2.87. The Hall–Kier alpha value is -2.13. The molecule has 0 spiro atoms. The van der Waals surface area contributed by atoms with E-state index in [0.717, 1.165) is 12.1 Å². The molecule has 1 saturated heterocycles. The van der Waals surface area contributed by atoms with Gasteiger partial charge < -0.3 is 9.84 Å². The first-order valence-corrected chi connectivity index (χ1v) is 7.10.